The van der Waals surface area contributed by atoms with E-state index in [-0.39, 0.29) is 11.6 Å². The zero-order valence-electron chi connectivity index (χ0n) is 33.6. The normalized spacial score (nSPS) is 15.5. The molecule has 0 amide bonds. The average Bonchev–Trinajstić information content (AvgIpc) is 3.49. The Morgan fingerprint density at radius 2 is 1.56 bits per heavy atom. The third kappa shape index (κ3) is 8.13. The summed E-state index contributed by atoms with van der Waals surface area (Å²) in [6, 6.07) is 34.0. The second-order valence-corrected chi connectivity index (χ2v) is 15.2. The summed E-state index contributed by atoms with van der Waals surface area (Å²) in [5.41, 5.74) is 8.16. The molecule has 2 heterocycles. The summed E-state index contributed by atoms with van der Waals surface area (Å²) in [4.78, 5) is 17.6. The van der Waals surface area contributed by atoms with E-state index in [1.165, 1.54) is 0 Å². The van der Waals surface area contributed by atoms with Gasteiger partial charge in [0.25, 0.3) is 0 Å². The van der Waals surface area contributed by atoms with Crippen LogP contribution in [-0.2, 0) is 0 Å². The lowest BCUT2D eigenvalue weighted by atomic mass is 9.55. The number of nitrogens with zero attached hydrogens (tertiary/aromatic N) is 5. The van der Waals surface area contributed by atoms with Crippen LogP contribution in [-0.4, -0.2) is 58.6 Å². The first kappa shape index (κ1) is 39.2. The Balaban J connectivity index is 1.57. The summed E-state index contributed by atoms with van der Waals surface area (Å²) < 4.78 is 2.20. The number of amidine groups is 2. The Labute approximate surface area is 328 Å². The molecular formula is C48H53BN5O. The molecule has 6 rings (SSSR count). The quantitative estimate of drug-likeness (QED) is 0.0790. The molecule has 4 aromatic carbocycles. The number of aromatic nitrogens is 1. The number of benzene rings is 4. The molecule has 1 aliphatic rings. The van der Waals surface area contributed by atoms with E-state index in [0.717, 1.165) is 67.1 Å². The SMILES string of the molecule is C=Cc1c(/C=C\C)c2cc(-c3cc([B]CC(C)(C)C(C)(C)O)cc(C4=NC(c5ccccc5)N(C)C(c5ccccc5)=N4)c3)ccc2n1C(/C=C\C)=NCC. The minimum Gasteiger partial charge on any atom is -0.390 e. The standard InChI is InChI=1S/C48H53BN5O/c1-10-20-39-40-31-35(26-27-42(40)54(41(39)12-3)43(21-11-2)50-13-4)36-28-37(30-38(29-36)49-32-47(5,6)48(7,8)55)44-51-45(33-22-16-14-17-23-33)53(9)46(52-44)34-24-18-15-19-25-34/h10-12,14-31,45,55H,3,13,32H2,1-2,4-9H3/b20-10-,21-11-,50-43?. The van der Waals surface area contributed by atoms with Crippen molar-refractivity contribution in [3.63, 3.8) is 0 Å². The zero-order chi connectivity index (χ0) is 39.3. The van der Waals surface area contributed by atoms with Crippen molar-refractivity contribution in [2.75, 3.05) is 13.6 Å². The number of hydrogen-bond acceptors (Lipinski definition) is 5. The Morgan fingerprint density at radius 3 is 2.20 bits per heavy atom. The molecule has 0 saturated heterocycles. The van der Waals surface area contributed by atoms with Crippen LogP contribution in [0.1, 0.15) is 82.6 Å². The van der Waals surface area contributed by atoms with E-state index < -0.39 is 5.60 Å². The lowest BCUT2D eigenvalue weighted by Gasteiger charge is -2.37. The topological polar surface area (TPSA) is 65.5 Å². The fraction of sp³-hybridized carbons (Fsp3) is 0.271. The third-order valence-corrected chi connectivity index (χ3v) is 10.8. The molecule has 1 aliphatic heterocycles. The van der Waals surface area contributed by atoms with Crippen molar-refractivity contribution in [2.45, 2.75) is 66.6 Å². The van der Waals surface area contributed by atoms with Crippen LogP contribution < -0.4 is 5.46 Å². The molecule has 279 valence electrons. The number of aliphatic imine (C=N–C) groups is 3. The molecule has 0 fully saturated rings. The van der Waals surface area contributed by atoms with E-state index in [0.29, 0.717) is 18.7 Å². The van der Waals surface area contributed by atoms with Gasteiger partial charge >= 0.3 is 0 Å². The molecular weight excluding hydrogens is 673 g/mol. The van der Waals surface area contributed by atoms with Crippen molar-refractivity contribution in [1.82, 2.24) is 9.47 Å². The lowest BCUT2D eigenvalue weighted by Crippen LogP contribution is -2.40. The molecule has 0 saturated carbocycles. The van der Waals surface area contributed by atoms with Crippen molar-refractivity contribution in [3.8, 4) is 11.1 Å². The smallest absolute Gasteiger partial charge is 0.159 e. The van der Waals surface area contributed by atoms with Gasteiger partial charge in [-0.25, -0.2) is 9.98 Å². The first-order valence-electron chi connectivity index (χ1n) is 19.2. The van der Waals surface area contributed by atoms with Gasteiger partial charge in [0, 0.05) is 35.7 Å². The highest BCUT2D eigenvalue weighted by Gasteiger charge is 2.35. The molecule has 55 heavy (non-hydrogen) atoms. The van der Waals surface area contributed by atoms with Crippen LogP contribution in [0.3, 0.4) is 0 Å². The van der Waals surface area contributed by atoms with Gasteiger partial charge < -0.3 is 10.0 Å². The monoisotopic (exact) mass is 726 g/mol. The fourth-order valence-electron chi connectivity index (χ4n) is 6.95. The first-order valence-corrected chi connectivity index (χ1v) is 19.2. The summed E-state index contributed by atoms with van der Waals surface area (Å²) >= 11 is 0. The van der Waals surface area contributed by atoms with Crippen LogP contribution in [0.25, 0.3) is 34.2 Å². The van der Waals surface area contributed by atoms with Gasteiger partial charge in [0.05, 0.1) is 16.8 Å². The van der Waals surface area contributed by atoms with Crippen molar-refractivity contribution >= 4 is 53.3 Å². The van der Waals surface area contributed by atoms with Gasteiger partial charge in [-0.2, -0.15) is 0 Å². The highest BCUT2D eigenvalue weighted by molar-refractivity contribution is 6.54. The Morgan fingerprint density at radius 1 is 0.873 bits per heavy atom. The number of hydrogen-bond donors (Lipinski definition) is 1. The van der Waals surface area contributed by atoms with Gasteiger partial charge in [-0.1, -0.05) is 129 Å². The van der Waals surface area contributed by atoms with Crippen LogP contribution in [0, 0.1) is 5.41 Å². The summed E-state index contributed by atoms with van der Waals surface area (Å²) in [7, 11) is 4.30. The highest BCUT2D eigenvalue weighted by Crippen LogP contribution is 2.36. The van der Waals surface area contributed by atoms with E-state index in [1.807, 2.05) is 64.1 Å². The number of fused-ring (bicyclic) bond motifs is 1. The minimum atomic E-state index is -0.864. The van der Waals surface area contributed by atoms with E-state index in [2.05, 4.69) is 142 Å². The molecule has 1 unspecified atom stereocenters. The van der Waals surface area contributed by atoms with Gasteiger partial charge in [-0.05, 0) is 87.1 Å². The molecule has 5 aromatic rings. The maximum Gasteiger partial charge on any atom is 0.159 e. The molecule has 1 N–H and O–H groups in total. The maximum atomic E-state index is 11.0. The van der Waals surface area contributed by atoms with Crippen LogP contribution in [0.4, 0.5) is 0 Å². The number of aliphatic hydroxyl groups is 1. The average molecular weight is 727 g/mol. The van der Waals surface area contributed by atoms with Crippen molar-refractivity contribution in [1.29, 1.82) is 0 Å². The number of rotatable bonds is 12. The van der Waals surface area contributed by atoms with E-state index >= 15 is 0 Å². The maximum absolute atomic E-state index is 11.0. The van der Waals surface area contributed by atoms with E-state index in [1.54, 1.807) is 0 Å². The Kier molecular flexibility index (Phi) is 11.7. The van der Waals surface area contributed by atoms with Crippen LogP contribution >= 0.6 is 0 Å². The Bertz CT molecular complexity index is 2320. The third-order valence-electron chi connectivity index (χ3n) is 10.8. The minimum absolute atomic E-state index is 0.262. The molecule has 0 bridgehead atoms. The molecule has 0 aliphatic carbocycles. The molecule has 7 heteroatoms. The van der Waals surface area contributed by atoms with Crippen LogP contribution in [0.2, 0.25) is 6.32 Å². The zero-order valence-corrected chi connectivity index (χ0v) is 33.6. The second kappa shape index (κ2) is 16.5. The largest absolute Gasteiger partial charge is 0.390 e. The van der Waals surface area contributed by atoms with Gasteiger partial charge in [0.15, 0.2) is 13.1 Å². The predicted molar refractivity (Wildman–Crippen MR) is 237 cm³/mol. The fourth-order valence-corrected chi connectivity index (χ4v) is 6.95. The van der Waals surface area contributed by atoms with Gasteiger partial charge in [-0.15, -0.1) is 0 Å². The van der Waals surface area contributed by atoms with Crippen LogP contribution in [0.5, 0.6) is 0 Å². The molecule has 1 radical (unpaired) electrons. The molecule has 1 atom stereocenters. The van der Waals surface area contributed by atoms with E-state index in [4.69, 9.17) is 15.0 Å². The first-order chi connectivity index (χ1) is 26.4. The number of allylic oxidation sites excluding steroid dienone is 3. The highest BCUT2D eigenvalue weighted by atomic mass is 16.3. The second-order valence-electron chi connectivity index (χ2n) is 15.2. The summed E-state index contributed by atoms with van der Waals surface area (Å²) in [6.45, 7) is 19.0. The summed E-state index contributed by atoms with van der Waals surface area (Å²) in [5.74, 6) is 2.41. The predicted octanol–water partition coefficient (Wildman–Crippen LogP) is 10.2. The van der Waals surface area contributed by atoms with Gasteiger partial charge in [0.1, 0.15) is 17.8 Å². The van der Waals surface area contributed by atoms with Gasteiger partial charge in [-0.3, -0.25) is 9.56 Å². The van der Waals surface area contributed by atoms with Gasteiger partial charge in [0.2, 0.25) is 0 Å². The van der Waals surface area contributed by atoms with Crippen molar-refractivity contribution in [3.05, 3.63) is 150 Å². The molecule has 1 aromatic heterocycles. The Hall–Kier alpha value is -5.53. The summed E-state index contributed by atoms with van der Waals surface area (Å²) in [6.07, 6.45) is 10.7. The summed E-state index contributed by atoms with van der Waals surface area (Å²) in [5, 5.41) is 12.2. The van der Waals surface area contributed by atoms with Crippen molar-refractivity contribution in [2.24, 2.45) is 20.4 Å². The lowest BCUT2D eigenvalue weighted by molar-refractivity contribution is -0.0236. The van der Waals surface area contributed by atoms with Crippen molar-refractivity contribution < 1.29 is 5.11 Å². The van der Waals surface area contributed by atoms with Crippen LogP contribution in [0.15, 0.2) is 137 Å². The molecule has 0 spiro atoms. The molecule has 6 nitrogen and oxygen atoms in total. The van der Waals surface area contributed by atoms with E-state index in [9.17, 15) is 5.11 Å².